The Bertz CT molecular complexity index is 1200. The van der Waals surface area contributed by atoms with Gasteiger partial charge in [-0.15, -0.1) is 5.73 Å². The van der Waals surface area contributed by atoms with E-state index in [4.69, 9.17) is 24.0 Å². The molecule has 0 radical (unpaired) electrons. The average molecular weight is 503 g/mol. The molecule has 0 unspecified atom stereocenters. The van der Waals surface area contributed by atoms with Crippen molar-refractivity contribution in [2.24, 2.45) is 23.7 Å². The number of rotatable bonds is 4. The van der Waals surface area contributed by atoms with Crippen LogP contribution in [0.1, 0.15) is 67.9 Å². The Kier molecular flexibility index (Phi) is 6.34. The molecule has 2 aromatic rings. The number of hydrogen-bond donors (Lipinski definition) is 0. The molecule has 4 saturated heterocycles. The van der Waals surface area contributed by atoms with Gasteiger partial charge in [-0.2, -0.15) is 0 Å². The maximum atomic E-state index is 13.1. The second-order valence-corrected chi connectivity index (χ2v) is 11.2. The van der Waals surface area contributed by atoms with Crippen molar-refractivity contribution in [1.29, 1.82) is 0 Å². The van der Waals surface area contributed by atoms with Crippen molar-refractivity contribution in [3.8, 4) is 0 Å². The molecule has 4 aliphatic heterocycles. The highest BCUT2D eigenvalue weighted by Gasteiger charge is 2.69. The van der Waals surface area contributed by atoms with Crippen molar-refractivity contribution in [3.05, 3.63) is 77.0 Å². The van der Waals surface area contributed by atoms with Crippen molar-refractivity contribution in [2.75, 3.05) is 0 Å². The van der Waals surface area contributed by atoms with Crippen molar-refractivity contribution >= 4 is 18.1 Å². The monoisotopic (exact) mass is 502 g/mol. The number of ether oxygens (including phenoxy) is 3. The highest BCUT2D eigenvalue weighted by molar-refractivity contribution is 5.89. The predicted molar refractivity (Wildman–Crippen MR) is 138 cm³/mol. The summed E-state index contributed by atoms with van der Waals surface area (Å²) >= 11 is 0. The van der Waals surface area contributed by atoms with E-state index in [2.05, 4.69) is 19.6 Å². The largest absolute Gasteiger partial charge is 0.432 e. The van der Waals surface area contributed by atoms with Gasteiger partial charge in [0.25, 0.3) is 0 Å². The fourth-order valence-corrected chi connectivity index (χ4v) is 6.68. The zero-order valence-electron chi connectivity index (χ0n) is 21.6. The van der Waals surface area contributed by atoms with Gasteiger partial charge < -0.3 is 14.2 Å². The zero-order chi connectivity index (χ0) is 25.6. The van der Waals surface area contributed by atoms with E-state index in [1.54, 1.807) is 12.1 Å². The standard InChI is InChI=1S/C31H34O6/c1-20-12-17-26-21(2)28(34-29-31(26)25(20)18-19-30(3,35-29)36-37-31)33-27(32)24-15-13-23(14-16-24)11-7-10-22-8-5-4-6-9-22/h4-6,8-11,13-16,20-21,25-26,28-29H,12,17-19H2,1-3H3/t7?,20-,21-,25+,26+,28-,29-,30-,31-/m1/s1. The Labute approximate surface area is 218 Å². The number of carbonyl (C=O) groups excluding carboxylic acids is 1. The molecule has 0 amide bonds. The van der Waals surface area contributed by atoms with Crippen LogP contribution in [0.15, 0.2) is 60.3 Å². The van der Waals surface area contributed by atoms with Gasteiger partial charge >= 0.3 is 5.97 Å². The number of esters is 1. The molecule has 37 heavy (non-hydrogen) atoms. The summed E-state index contributed by atoms with van der Waals surface area (Å²) in [5.74, 6) is -0.462. The van der Waals surface area contributed by atoms with Crippen molar-refractivity contribution in [1.82, 2.24) is 0 Å². The number of carbonyl (C=O) groups is 1. The van der Waals surface area contributed by atoms with E-state index in [1.807, 2.05) is 61.5 Å². The second kappa shape index (κ2) is 9.54. The normalized spacial score (nSPS) is 38.0. The second-order valence-electron chi connectivity index (χ2n) is 11.2. The Hall–Kier alpha value is -2.73. The third-order valence-corrected chi connectivity index (χ3v) is 8.77. The molecule has 6 nitrogen and oxygen atoms in total. The van der Waals surface area contributed by atoms with Crippen LogP contribution in [0.3, 0.4) is 0 Å². The van der Waals surface area contributed by atoms with E-state index in [9.17, 15) is 4.79 Å². The van der Waals surface area contributed by atoms with E-state index in [0.717, 1.165) is 36.8 Å². The van der Waals surface area contributed by atoms with E-state index >= 15 is 0 Å². The summed E-state index contributed by atoms with van der Waals surface area (Å²) in [5, 5.41) is 0. The molecule has 1 aliphatic carbocycles. The van der Waals surface area contributed by atoms with Crippen LogP contribution in [0, 0.1) is 23.7 Å². The Morgan fingerprint density at radius 3 is 2.43 bits per heavy atom. The lowest BCUT2D eigenvalue weighted by Gasteiger charge is -2.59. The van der Waals surface area contributed by atoms with E-state index in [-0.39, 0.29) is 17.8 Å². The van der Waals surface area contributed by atoms with Crippen LogP contribution in [-0.2, 0) is 24.0 Å². The van der Waals surface area contributed by atoms with Crippen LogP contribution in [0.25, 0.3) is 12.2 Å². The highest BCUT2D eigenvalue weighted by atomic mass is 17.3. The molecule has 194 valence electrons. The zero-order valence-corrected chi connectivity index (χ0v) is 21.6. The first-order valence-corrected chi connectivity index (χ1v) is 13.4. The summed E-state index contributed by atoms with van der Waals surface area (Å²) in [4.78, 5) is 25.1. The first-order chi connectivity index (χ1) is 17.9. The molecule has 0 N–H and O–H groups in total. The van der Waals surface area contributed by atoms with E-state index < -0.39 is 29.9 Å². The summed E-state index contributed by atoms with van der Waals surface area (Å²) in [6, 6.07) is 17.3. The van der Waals surface area contributed by atoms with Crippen LogP contribution in [0.5, 0.6) is 0 Å². The Morgan fingerprint density at radius 2 is 1.68 bits per heavy atom. The van der Waals surface area contributed by atoms with Crippen LogP contribution >= 0.6 is 0 Å². The molecule has 1 saturated carbocycles. The maximum Gasteiger partial charge on any atom is 0.340 e. The SMILES string of the molecule is C[C@H]1[C@H](OC(=O)c2ccc(C=C=Cc3ccccc3)cc2)O[C@@H]2O[C@@]3(C)CC[C@H]4[C@H](C)CC[C@@H]1[C@@]24OO3. The van der Waals surface area contributed by atoms with E-state index in [1.165, 1.54) is 0 Å². The minimum absolute atomic E-state index is 0.0600. The lowest BCUT2D eigenvalue weighted by atomic mass is 9.58. The molecule has 6 heteroatoms. The van der Waals surface area contributed by atoms with Crippen LogP contribution in [-0.4, -0.2) is 29.9 Å². The number of hydrogen-bond acceptors (Lipinski definition) is 6. The van der Waals surface area contributed by atoms with E-state index in [0.29, 0.717) is 11.5 Å². The van der Waals surface area contributed by atoms with Gasteiger partial charge in [0.2, 0.25) is 12.1 Å². The first kappa shape index (κ1) is 24.6. The van der Waals surface area contributed by atoms with Gasteiger partial charge in [0, 0.05) is 18.3 Å². The van der Waals surface area contributed by atoms with Gasteiger partial charge in [0.15, 0.2) is 11.9 Å². The summed E-state index contributed by atoms with van der Waals surface area (Å²) in [6.45, 7) is 6.25. The molecule has 5 aliphatic rings. The van der Waals surface area contributed by atoms with Crippen LogP contribution < -0.4 is 0 Å². The summed E-state index contributed by atoms with van der Waals surface area (Å²) in [6.07, 6.45) is 6.21. The molecule has 4 heterocycles. The maximum absolute atomic E-state index is 13.1. The van der Waals surface area contributed by atoms with Crippen molar-refractivity contribution in [3.63, 3.8) is 0 Å². The van der Waals surface area contributed by atoms with Gasteiger partial charge in [-0.05, 0) is 73.4 Å². The predicted octanol–water partition coefficient (Wildman–Crippen LogP) is 6.38. The molecule has 2 bridgehead atoms. The molecule has 1 spiro atoms. The third kappa shape index (κ3) is 4.37. The number of benzene rings is 2. The summed E-state index contributed by atoms with van der Waals surface area (Å²) < 4.78 is 18.7. The molecule has 7 rings (SSSR count). The lowest BCUT2D eigenvalue weighted by Crippen LogP contribution is -2.70. The van der Waals surface area contributed by atoms with Gasteiger partial charge in [0.05, 0.1) is 5.56 Å². The first-order valence-electron chi connectivity index (χ1n) is 13.4. The van der Waals surface area contributed by atoms with Crippen molar-refractivity contribution < 1.29 is 28.8 Å². The van der Waals surface area contributed by atoms with Gasteiger partial charge in [0.1, 0.15) is 0 Å². The van der Waals surface area contributed by atoms with Gasteiger partial charge in [-0.3, -0.25) is 0 Å². The summed E-state index contributed by atoms with van der Waals surface area (Å²) in [5.41, 5.74) is 5.02. The molecule has 2 aromatic carbocycles. The fourth-order valence-electron chi connectivity index (χ4n) is 6.68. The average Bonchev–Trinajstić information content (AvgIpc) is 3.14. The molecule has 8 atom stereocenters. The minimum Gasteiger partial charge on any atom is -0.432 e. The Morgan fingerprint density at radius 1 is 0.946 bits per heavy atom. The number of fused-ring (bicyclic) bond motifs is 2. The quantitative estimate of drug-likeness (QED) is 0.275. The smallest absolute Gasteiger partial charge is 0.340 e. The topological polar surface area (TPSA) is 63.2 Å². The Balaban J connectivity index is 1.17. The third-order valence-electron chi connectivity index (χ3n) is 8.77. The molecule has 0 aromatic heterocycles. The fraction of sp³-hybridized carbons (Fsp3) is 0.484. The van der Waals surface area contributed by atoms with Crippen molar-refractivity contribution in [2.45, 2.75) is 70.4 Å². The van der Waals surface area contributed by atoms with Crippen LogP contribution in [0.4, 0.5) is 0 Å². The molecular weight excluding hydrogens is 468 g/mol. The molecule has 5 fully saturated rings. The molecular formula is C31H34O6. The highest BCUT2D eigenvalue weighted by Crippen LogP contribution is 2.60. The lowest BCUT2D eigenvalue weighted by molar-refractivity contribution is -0.576. The van der Waals surface area contributed by atoms with Gasteiger partial charge in [-0.1, -0.05) is 56.3 Å². The summed E-state index contributed by atoms with van der Waals surface area (Å²) in [7, 11) is 0. The minimum atomic E-state index is -0.856. The van der Waals surface area contributed by atoms with Crippen LogP contribution in [0.2, 0.25) is 0 Å². The van der Waals surface area contributed by atoms with Gasteiger partial charge in [-0.25, -0.2) is 14.6 Å².